The molecule has 3 aromatic rings. The number of aromatic nitrogens is 1. The first-order valence-electron chi connectivity index (χ1n) is 11.7. The molecule has 1 saturated carbocycles. The Kier molecular flexibility index (Phi) is 4.30. The van der Waals surface area contributed by atoms with E-state index in [2.05, 4.69) is 34.1 Å². The van der Waals surface area contributed by atoms with E-state index in [4.69, 9.17) is 4.74 Å². The van der Waals surface area contributed by atoms with Crippen LogP contribution < -0.4 is 17.1 Å². The van der Waals surface area contributed by atoms with Gasteiger partial charge in [0.1, 0.15) is 0 Å². The molecule has 2 fully saturated rings. The van der Waals surface area contributed by atoms with Crippen LogP contribution >= 0.6 is 0 Å². The van der Waals surface area contributed by atoms with Gasteiger partial charge < -0.3 is 37.8 Å². The molecule has 5 N–H and O–H groups in total. The molecule has 2 unspecified atom stereocenters. The van der Waals surface area contributed by atoms with Gasteiger partial charge in [0, 0.05) is 35.5 Å². The Morgan fingerprint density at radius 3 is 2.79 bits per heavy atom. The predicted octanol–water partition coefficient (Wildman–Crippen LogP) is -0.248. The topological polar surface area (TPSA) is 100 Å². The van der Waals surface area contributed by atoms with Crippen LogP contribution in [0, 0.1) is 5.92 Å². The molecule has 1 aromatic heterocycles. The van der Waals surface area contributed by atoms with E-state index in [9.17, 15) is 10.2 Å². The summed E-state index contributed by atoms with van der Waals surface area (Å²) in [6.45, 7) is 2.07. The molecule has 3 aliphatic carbocycles. The number of benzene rings is 2. The Bertz CT molecular complexity index is 1290. The van der Waals surface area contributed by atoms with Gasteiger partial charge in [0.05, 0.1) is 16.7 Å². The summed E-state index contributed by atoms with van der Waals surface area (Å²) in [4.78, 5) is 6.22. The third kappa shape index (κ3) is 2.35. The summed E-state index contributed by atoms with van der Waals surface area (Å²) in [6.07, 6.45) is 4.66. The number of aromatic hydroxyl groups is 1. The molecular weight excluding hydrogens is 440 g/mol. The number of phenols is 1. The number of rotatable bonds is 2. The van der Waals surface area contributed by atoms with Crippen molar-refractivity contribution in [1.82, 2.24) is 9.88 Å². The number of phenolic OH excluding ortho intramolecular Hbond substituents is 1. The van der Waals surface area contributed by atoms with Crippen molar-refractivity contribution in [3.05, 3.63) is 58.8 Å². The molecular formula is C26H28ClN2O4-. The van der Waals surface area contributed by atoms with Gasteiger partial charge in [0.2, 0.25) is 0 Å². The van der Waals surface area contributed by atoms with Crippen LogP contribution in [0.4, 0.5) is 0 Å². The second kappa shape index (κ2) is 6.66. The lowest BCUT2D eigenvalue weighted by Gasteiger charge is -2.62. The van der Waals surface area contributed by atoms with E-state index in [0.717, 1.165) is 48.6 Å². The average molecular weight is 468 g/mol. The summed E-state index contributed by atoms with van der Waals surface area (Å²) >= 11 is 0. The standard InChI is InChI=1S/C26H26N2O3.ClH.H2O/c29-19-8-7-15-11-20-26(30)12-17-16-3-1-2-4-18(16)27-22(17)24-25(26,21(15)23(19)31-24)9-10-28(20)13-14-5-6-14;;/h1-4,7-8,14,20,24,27,29-30H,5-6,9-13H2;1H;1H2/p-1/t20?,24?,25-,26+;;/m0../s1. The monoisotopic (exact) mass is 467 g/mol. The summed E-state index contributed by atoms with van der Waals surface area (Å²) in [6, 6.07) is 12.3. The first kappa shape index (κ1) is 21.3. The van der Waals surface area contributed by atoms with E-state index < -0.39 is 11.0 Å². The Morgan fingerprint density at radius 1 is 1.15 bits per heavy atom. The van der Waals surface area contributed by atoms with Crippen molar-refractivity contribution in [1.29, 1.82) is 0 Å². The molecule has 0 radical (unpaired) electrons. The van der Waals surface area contributed by atoms with Gasteiger partial charge >= 0.3 is 0 Å². The van der Waals surface area contributed by atoms with Crippen LogP contribution in [0.5, 0.6) is 11.5 Å². The van der Waals surface area contributed by atoms with Gasteiger partial charge in [-0.1, -0.05) is 24.3 Å². The fraction of sp³-hybridized carbons (Fsp3) is 0.462. The number of hydrogen-bond acceptors (Lipinski definition) is 4. The Morgan fingerprint density at radius 2 is 1.97 bits per heavy atom. The Labute approximate surface area is 198 Å². The minimum Gasteiger partial charge on any atom is -1.00 e. The minimum absolute atomic E-state index is 0. The van der Waals surface area contributed by atoms with Crippen molar-refractivity contribution in [2.24, 2.45) is 5.92 Å². The molecule has 5 aliphatic rings. The molecule has 6 nitrogen and oxygen atoms in total. The number of piperidine rings is 1. The van der Waals surface area contributed by atoms with Crippen molar-refractivity contribution >= 4 is 10.9 Å². The number of hydrogen-bond donors (Lipinski definition) is 3. The Balaban J connectivity index is 0.00000103. The molecule has 33 heavy (non-hydrogen) atoms. The number of halogens is 1. The van der Waals surface area contributed by atoms with Crippen molar-refractivity contribution in [2.45, 2.75) is 55.3 Å². The van der Waals surface area contributed by atoms with Crippen LogP contribution in [0.1, 0.15) is 47.8 Å². The highest BCUT2D eigenvalue weighted by molar-refractivity contribution is 5.86. The van der Waals surface area contributed by atoms with E-state index >= 15 is 0 Å². The van der Waals surface area contributed by atoms with Crippen LogP contribution in [-0.2, 0) is 18.3 Å². The van der Waals surface area contributed by atoms with E-state index in [1.165, 1.54) is 29.4 Å². The molecule has 0 amide bonds. The molecule has 3 heterocycles. The van der Waals surface area contributed by atoms with E-state index in [-0.39, 0.29) is 35.8 Å². The van der Waals surface area contributed by atoms with Crippen molar-refractivity contribution in [3.8, 4) is 11.5 Å². The molecule has 2 aromatic carbocycles. The third-order valence-corrected chi connectivity index (χ3v) is 9.07. The number of para-hydroxylation sites is 1. The zero-order chi connectivity index (χ0) is 20.5. The first-order valence-corrected chi connectivity index (χ1v) is 11.7. The van der Waals surface area contributed by atoms with Gasteiger partial charge in [0.25, 0.3) is 0 Å². The van der Waals surface area contributed by atoms with Gasteiger partial charge in [-0.05, 0) is 61.4 Å². The maximum atomic E-state index is 12.7. The SMILES string of the molecule is O.Oc1ccc2c3c1OC1c4[nH]c5ccccc5c4C[C@@]4(O)C(C2)N(CC2CC2)CC[C@]314.[Cl-]. The van der Waals surface area contributed by atoms with Crippen LogP contribution in [0.3, 0.4) is 0 Å². The summed E-state index contributed by atoms with van der Waals surface area (Å²) in [5.41, 5.74) is 4.27. The maximum absolute atomic E-state index is 12.7. The average Bonchev–Trinajstić information content (AvgIpc) is 3.40. The third-order valence-electron chi connectivity index (χ3n) is 9.07. The lowest BCUT2D eigenvalue weighted by Crippen LogP contribution is -3.00. The van der Waals surface area contributed by atoms with Gasteiger partial charge in [-0.3, -0.25) is 4.90 Å². The molecule has 1 spiro atoms. The summed E-state index contributed by atoms with van der Waals surface area (Å²) < 4.78 is 6.60. The highest BCUT2D eigenvalue weighted by Gasteiger charge is 2.72. The molecule has 4 atom stereocenters. The Hall–Kier alpha value is -2.25. The molecule has 8 rings (SSSR count). The smallest absolute Gasteiger partial charge is 0.166 e. The number of nitrogens with one attached hydrogen (secondary N) is 1. The number of nitrogens with zero attached hydrogens (tertiary/aromatic N) is 1. The van der Waals surface area contributed by atoms with Crippen molar-refractivity contribution in [2.75, 3.05) is 13.1 Å². The van der Waals surface area contributed by atoms with Gasteiger partial charge in [-0.15, -0.1) is 0 Å². The molecule has 1 saturated heterocycles. The van der Waals surface area contributed by atoms with Crippen molar-refractivity contribution < 1.29 is 32.8 Å². The molecule has 7 heteroatoms. The van der Waals surface area contributed by atoms with Gasteiger partial charge in [-0.25, -0.2) is 0 Å². The van der Waals surface area contributed by atoms with Crippen LogP contribution in [0.15, 0.2) is 36.4 Å². The molecule has 2 aliphatic heterocycles. The lowest BCUT2D eigenvalue weighted by atomic mass is 9.49. The zero-order valence-corrected chi connectivity index (χ0v) is 19.0. The number of likely N-dealkylation sites (tertiary alicyclic amines) is 1. The lowest BCUT2D eigenvalue weighted by molar-refractivity contribution is -0.173. The quantitative estimate of drug-likeness (QED) is 0.484. The number of aliphatic hydroxyl groups is 1. The van der Waals surface area contributed by atoms with E-state index in [0.29, 0.717) is 12.2 Å². The highest BCUT2D eigenvalue weighted by Crippen LogP contribution is 2.69. The second-order valence-corrected chi connectivity index (χ2v) is 10.5. The van der Waals surface area contributed by atoms with Gasteiger partial charge in [0.15, 0.2) is 17.6 Å². The van der Waals surface area contributed by atoms with Gasteiger partial charge in [-0.2, -0.15) is 0 Å². The normalized spacial score (nSPS) is 32.9. The maximum Gasteiger partial charge on any atom is 0.166 e. The summed E-state index contributed by atoms with van der Waals surface area (Å²) in [5.74, 6) is 1.58. The summed E-state index contributed by atoms with van der Waals surface area (Å²) in [5, 5.41) is 24.6. The number of H-pyrrole nitrogens is 1. The van der Waals surface area contributed by atoms with E-state index in [1.54, 1.807) is 6.07 Å². The zero-order valence-electron chi connectivity index (χ0n) is 18.3. The molecule has 174 valence electrons. The molecule has 2 bridgehead atoms. The van der Waals surface area contributed by atoms with Crippen molar-refractivity contribution in [3.63, 3.8) is 0 Å². The largest absolute Gasteiger partial charge is 1.00 e. The first-order chi connectivity index (χ1) is 15.1. The van der Waals surface area contributed by atoms with Crippen LogP contribution in [-0.4, -0.2) is 50.3 Å². The fourth-order valence-electron chi connectivity index (χ4n) is 7.57. The number of ether oxygens (including phenoxy) is 1. The van der Waals surface area contributed by atoms with Crippen LogP contribution in [0.2, 0.25) is 0 Å². The number of fused-ring (bicyclic) bond motifs is 4. The van der Waals surface area contributed by atoms with Crippen LogP contribution in [0.25, 0.3) is 10.9 Å². The predicted molar refractivity (Wildman–Crippen MR) is 120 cm³/mol. The number of aromatic amines is 1. The fourth-order valence-corrected chi connectivity index (χ4v) is 7.57. The second-order valence-electron chi connectivity index (χ2n) is 10.5. The van der Waals surface area contributed by atoms with E-state index in [1.807, 2.05) is 6.07 Å². The highest BCUT2D eigenvalue weighted by atomic mass is 35.5. The summed E-state index contributed by atoms with van der Waals surface area (Å²) in [7, 11) is 0. The minimum atomic E-state index is -0.908.